The molecule has 0 amide bonds. The standard InChI is InChI=1S/C63H40N4S/c1-6-19-41(20-7-1)45-33-35-48(42-21-8-2-9-22-42)53(37-45)46-34-36-49(56(38-46)63-65-61(43-23-10-3-11-24-43)64-62(66-63)44-25-12-4-13-26-44)51-30-18-31-52-55-39-54-50-29-16-17-32-57(50)67(47-27-14-5-15-28-47)58(54)40-59(55)68-60(51)52/h1-40H. The number of hydrogen-bond acceptors (Lipinski definition) is 4. The fourth-order valence-corrected chi connectivity index (χ4v) is 11.1. The number of rotatable bonds is 8. The molecule has 0 spiro atoms. The molecule has 3 aromatic heterocycles. The quantitative estimate of drug-likeness (QED) is 0.153. The van der Waals surface area contributed by atoms with Gasteiger partial charge in [-0.25, -0.2) is 15.0 Å². The number of thiophene rings is 1. The Morgan fingerprint density at radius 1 is 0.279 bits per heavy atom. The predicted octanol–water partition coefficient (Wildman–Crippen LogP) is 17.0. The van der Waals surface area contributed by atoms with Crippen LogP contribution >= 0.6 is 11.3 Å². The van der Waals surface area contributed by atoms with Gasteiger partial charge < -0.3 is 4.57 Å². The van der Waals surface area contributed by atoms with E-state index < -0.39 is 0 Å². The van der Waals surface area contributed by atoms with Crippen LogP contribution in [0.5, 0.6) is 0 Å². The van der Waals surface area contributed by atoms with Crippen LogP contribution in [0.4, 0.5) is 0 Å². The molecule has 68 heavy (non-hydrogen) atoms. The van der Waals surface area contributed by atoms with Crippen LogP contribution in [0, 0.1) is 0 Å². The van der Waals surface area contributed by atoms with E-state index in [4.69, 9.17) is 15.0 Å². The van der Waals surface area contributed by atoms with Crippen molar-refractivity contribution in [3.05, 3.63) is 243 Å². The Morgan fingerprint density at radius 3 is 1.51 bits per heavy atom. The maximum absolute atomic E-state index is 5.36. The van der Waals surface area contributed by atoms with Gasteiger partial charge in [0.15, 0.2) is 17.5 Å². The van der Waals surface area contributed by atoms with Crippen LogP contribution in [0.2, 0.25) is 0 Å². The van der Waals surface area contributed by atoms with Gasteiger partial charge >= 0.3 is 0 Å². The maximum Gasteiger partial charge on any atom is 0.164 e. The fraction of sp³-hybridized carbons (Fsp3) is 0. The van der Waals surface area contributed by atoms with Crippen molar-refractivity contribution < 1.29 is 0 Å². The lowest BCUT2D eigenvalue weighted by Crippen LogP contribution is -2.01. The van der Waals surface area contributed by atoms with E-state index in [2.05, 4.69) is 211 Å². The zero-order chi connectivity index (χ0) is 45.0. The van der Waals surface area contributed by atoms with Crippen molar-refractivity contribution >= 4 is 53.3 Å². The minimum atomic E-state index is 0.613. The highest BCUT2D eigenvalue weighted by Crippen LogP contribution is 2.47. The van der Waals surface area contributed by atoms with Crippen molar-refractivity contribution in [3.8, 4) is 84.4 Å². The first kappa shape index (κ1) is 39.6. The molecule has 318 valence electrons. The third-order valence-corrected chi connectivity index (χ3v) is 14.3. The molecule has 0 unspecified atom stereocenters. The van der Waals surface area contributed by atoms with Gasteiger partial charge in [0.05, 0.1) is 11.0 Å². The molecule has 3 heterocycles. The summed E-state index contributed by atoms with van der Waals surface area (Å²) in [5.74, 6) is 1.86. The summed E-state index contributed by atoms with van der Waals surface area (Å²) < 4.78 is 4.86. The number of para-hydroxylation sites is 2. The number of benzene rings is 10. The summed E-state index contributed by atoms with van der Waals surface area (Å²) in [5, 5.41) is 4.96. The lowest BCUT2D eigenvalue weighted by molar-refractivity contribution is 1.07. The second-order valence-corrected chi connectivity index (χ2v) is 18.2. The topological polar surface area (TPSA) is 43.6 Å². The van der Waals surface area contributed by atoms with Crippen LogP contribution in [0.1, 0.15) is 0 Å². The molecule has 0 fully saturated rings. The molecule has 0 saturated carbocycles. The fourth-order valence-electron chi connectivity index (χ4n) is 9.85. The first-order valence-corrected chi connectivity index (χ1v) is 23.7. The highest BCUT2D eigenvalue weighted by Gasteiger charge is 2.22. The highest BCUT2D eigenvalue weighted by atomic mass is 32.1. The second kappa shape index (κ2) is 16.6. The smallest absolute Gasteiger partial charge is 0.164 e. The largest absolute Gasteiger partial charge is 0.309 e. The van der Waals surface area contributed by atoms with E-state index in [1.165, 1.54) is 47.5 Å². The highest BCUT2D eigenvalue weighted by molar-refractivity contribution is 7.26. The number of hydrogen-bond donors (Lipinski definition) is 0. The van der Waals surface area contributed by atoms with Gasteiger partial charge in [0.1, 0.15) is 0 Å². The summed E-state index contributed by atoms with van der Waals surface area (Å²) in [4.78, 5) is 15.8. The normalized spacial score (nSPS) is 11.5. The summed E-state index contributed by atoms with van der Waals surface area (Å²) in [6.07, 6.45) is 0. The van der Waals surface area contributed by atoms with Gasteiger partial charge in [0, 0.05) is 58.9 Å². The molecule has 0 aliphatic carbocycles. The molecule has 0 aliphatic heterocycles. The molecular formula is C63H40N4S. The molecule has 0 atom stereocenters. The first-order valence-electron chi connectivity index (χ1n) is 22.9. The lowest BCUT2D eigenvalue weighted by Gasteiger charge is -2.17. The molecule has 0 radical (unpaired) electrons. The molecule has 13 rings (SSSR count). The summed E-state index contributed by atoms with van der Waals surface area (Å²) in [6, 6.07) is 86.4. The van der Waals surface area contributed by atoms with Gasteiger partial charge in [0.2, 0.25) is 0 Å². The van der Waals surface area contributed by atoms with Crippen LogP contribution < -0.4 is 0 Å². The Morgan fingerprint density at radius 2 is 0.824 bits per heavy atom. The predicted molar refractivity (Wildman–Crippen MR) is 285 cm³/mol. The van der Waals surface area contributed by atoms with Crippen LogP contribution in [0.25, 0.3) is 126 Å². The van der Waals surface area contributed by atoms with Gasteiger partial charge in [-0.1, -0.05) is 200 Å². The van der Waals surface area contributed by atoms with E-state index in [9.17, 15) is 0 Å². The Bertz CT molecular complexity index is 3940. The van der Waals surface area contributed by atoms with Gasteiger partial charge in [0.25, 0.3) is 0 Å². The third-order valence-electron chi connectivity index (χ3n) is 13.1. The van der Waals surface area contributed by atoms with E-state index in [-0.39, 0.29) is 0 Å². The van der Waals surface area contributed by atoms with Crippen LogP contribution in [0.3, 0.4) is 0 Å². The Hall–Kier alpha value is -8.77. The minimum Gasteiger partial charge on any atom is -0.309 e. The van der Waals surface area contributed by atoms with Crippen molar-refractivity contribution in [1.82, 2.24) is 19.5 Å². The van der Waals surface area contributed by atoms with Crippen LogP contribution in [-0.2, 0) is 0 Å². The minimum absolute atomic E-state index is 0.613. The molecule has 13 aromatic rings. The van der Waals surface area contributed by atoms with Gasteiger partial charge in [-0.3, -0.25) is 0 Å². The zero-order valence-electron chi connectivity index (χ0n) is 36.8. The monoisotopic (exact) mass is 884 g/mol. The SMILES string of the molecule is c1ccc(-c2ccc(-c3ccccc3)c(-c3ccc(-c4cccc5c4sc4cc6c(cc45)c4ccccc4n6-c4ccccc4)c(-c4nc(-c5ccccc5)nc(-c5ccccc5)n4)c3)c2)cc1. The Kier molecular flexibility index (Phi) is 9.66. The molecule has 0 aliphatic rings. The van der Waals surface area contributed by atoms with Gasteiger partial charge in [-0.05, 0) is 81.4 Å². The molecule has 0 bridgehead atoms. The van der Waals surface area contributed by atoms with E-state index in [1.54, 1.807) is 0 Å². The summed E-state index contributed by atoms with van der Waals surface area (Å²) in [5.41, 5.74) is 15.4. The van der Waals surface area contributed by atoms with Crippen molar-refractivity contribution in [2.75, 3.05) is 0 Å². The van der Waals surface area contributed by atoms with Crippen molar-refractivity contribution in [2.45, 2.75) is 0 Å². The number of aromatic nitrogens is 4. The maximum atomic E-state index is 5.36. The van der Waals surface area contributed by atoms with Crippen molar-refractivity contribution in [1.29, 1.82) is 0 Å². The summed E-state index contributed by atoms with van der Waals surface area (Å²) in [6.45, 7) is 0. The van der Waals surface area contributed by atoms with Crippen molar-refractivity contribution in [2.24, 2.45) is 0 Å². The van der Waals surface area contributed by atoms with E-state index in [1.807, 2.05) is 47.7 Å². The Balaban J connectivity index is 1.08. The van der Waals surface area contributed by atoms with Crippen molar-refractivity contribution in [3.63, 3.8) is 0 Å². The van der Waals surface area contributed by atoms with Gasteiger partial charge in [-0.2, -0.15) is 0 Å². The second-order valence-electron chi connectivity index (χ2n) is 17.1. The summed E-state index contributed by atoms with van der Waals surface area (Å²) in [7, 11) is 0. The average molecular weight is 885 g/mol. The first-order chi connectivity index (χ1) is 33.7. The molecule has 5 heteroatoms. The number of fused-ring (bicyclic) bond motifs is 6. The summed E-state index contributed by atoms with van der Waals surface area (Å²) >= 11 is 1.85. The van der Waals surface area contributed by atoms with E-state index >= 15 is 0 Å². The molecule has 0 N–H and O–H groups in total. The lowest BCUT2D eigenvalue weighted by atomic mass is 9.88. The molecule has 0 saturated heterocycles. The molecule has 4 nitrogen and oxygen atoms in total. The third kappa shape index (κ3) is 6.88. The van der Waals surface area contributed by atoms with E-state index in [0.717, 1.165) is 61.3 Å². The average Bonchev–Trinajstić information content (AvgIpc) is 3.96. The molecule has 10 aromatic carbocycles. The van der Waals surface area contributed by atoms with Crippen LogP contribution in [0.15, 0.2) is 243 Å². The van der Waals surface area contributed by atoms with Gasteiger partial charge in [-0.15, -0.1) is 11.3 Å². The van der Waals surface area contributed by atoms with E-state index in [0.29, 0.717) is 17.5 Å². The Labute approximate surface area is 397 Å². The van der Waals surface area contributed by atoms with Crippen LogP contribution in [-0.4, -0.2) is 19.5 Å². The zero-order valence-corrected chi connectivity index (χ0v) is 37.6. The molecular weight excluding hydrogens is 845 g/mol. The number of nitrogens with zero attached hydrogens (tertiary/aromatic N) is 4.